The number of amides is 2. The minimum atomic E-state index is -0.894. The number of nitrogens with zero attached hydrogens (tertiary/aromatic N) is 1. The summed E-state index contributed by atoms with van der Waals surface area (Å²) in [5, 5.41) is 0. The zero-order valence-electron chi connectivity index (χ0n) is 15.8. The molecule has 6 nitrogen and oxygen atoms in total. The third kappa shape index (κ3) is 4.01. The molecule has 0 saturated carbocycles. The quantitative estimate of drug-likeness (QED) is 0.419. The SMILES string of the molecule is Cc1ccc(C(=O)[C@H](C)OC(=O)CCCN2C(=O)c3ccccc3C2=O)cc1. The number of aryl methyl sites for hydroxylation is 1. The number of Topliss-reactive ketones (excluding diaryl/α,β-unsaturated/α-hetero) is 1. The summed E-state index contributed by atoms with van der Waals surface area (Å²) in [5.74, 6) is -1.51. The first-order valence-electron chi connectivity index (χ1n) is 9.14. The van der Waals surface area contributed by atoms with Crippen molar-refractivity contribution in [2.45, 2.75) is 32.8 Å². The molecule has 0 N–H and O–H groups in total. The largest absolute Gasteiger partial charge is 0.454 e. The highest BCUT2D eigenvalue weighted by atomic mass is 16.5. The van der Waals surface area contributed by atoms with Crippen LogP contribution in [0.3, 0.4) is 0 Å². The number of fused-ring (bicyclic) bond motifs is 1. The Balaban J connectivity index is 1.48. The summed E-state index contributed by atoms with van der Waals surface area (Å²) in [5.41, 5.74) is 2.28. The van der Waals surface area contributed by atoms with Gasteiger partial charge < -0.3 is 4.74 Å². The van der Waals surface area contributed by atoms with Crippen LogP contribution >= 0.6 is 0 Å². The molecule has 1 aliphatic heterocycles. The summed E-state index contributed by atoms with van der Waals surface area (Å²) in [4.78, 5) is 50.0. The average Bonchev–Trinajstić information content (AvgIpc) is 2.93. The first kappa shape index (κ1) is 19.5. The third-order valence-electron chi connectivity index (χ3n) is 4.65. The standard InChI is InChI=1S/C22H21NO5/c1-14-9-11-16(12-10-14)20(25)15(2)28-19(24)8-5-13-23-21(26)17-6-3-4-7-18(17)22(23)27/h3-4,6-7,9-12,15H,5,8,13H2,1-2H3/t15-/m0/s1. The van der Waals surface area contributed by atoms with Crippen LogP contribution in [-0.4, -0.2) is 41.1 Å². The Morgan fingerprint density at radius 3 is 2.11 bits per heavy atom. The molecular formula is C22H21NO5. The molecule has 3 rings (SSSR count). The summed E-state index contributed by atoms with van der Waals surface area (Å²) in [6, 6.07) is 13.7. The first-order chi connectivity index (χ1) is 13.4. The van der Waals surface area contributed by atoms with Crippen molar-refractivity contribution in [1.29, 1.82) is 0 Å². The van der Waals surface area contributed by atoms with Crippen molar-refractivity contribution >= 4 is 23.6 Å². The van der Waals surface area contributed by atoms with Gasteiger partial charge in [-0.15, -0.1) is 0 Å². The van der Waals surface area contributed by atoms with Crippen LogP contribution in [0.15, 0.2) is 48.5 Å². The van der Waals surface area contributed by atoms with Gasteiger partial charge in [-0.05, 0) is 32.4 Å². The van der Waals surface area contributed by atoms with E-state index in [0.29, 0.717) is 16.7 Å². The third-order valence-corrected chi connectivity index (χ3v) is 4.65. The normalized spacial score (nSPS) is 14.0. The zero-order chi connectivity index (χ0) is 20.3. The van der Waals surface area contributed by atoms with Gasteiger partial charge in [0.15, 0.2) is 6.10 Å². The number of hydrogen-bond donors (Lipinski definition) is 0. The van der Waals surface area contributed by atoms with Gasteiger partial charge in [-0.25, -0.2) is 0 Å². The molecule has 0 aliphatic carbocycles. The predicted molar refractivity (Wildman–Crippen MR) is 102 cm³/mol. The Bertz CT molecular complexity index is 897. The van der Waals surface area contributed by atoms with E-state index in [1.54, 1.807) is 36.4 Å². The molecule has 0 bridgehead atoms. The Kier molecular flexibility index (Phi) is 5.68. The van der Waals surface area contributed by atoms with Crippen LogP contribution in [0.5, 0.6) is 0 Å². The first-order valence-corrected chi connectivity index (χ1v) is 9.14. The van der Waals surface area contributed by atoms with Crippen LogP contribution in [0.4, 0.5) is 0 Å². The highest BCUT2D eigenvalue weighted by Crippen LogP contribution is 2.22. The summed E-state index contributed by atoms with van der Waals surface area (Å²) in [7, 11) is 0. The fourth-order valence-corrected chi connectivity index (χ4v) is 3.09. The van der Waals surface area contributed by atoms with Crippen molar-refractivity contribution in [3.8, 4) is 0 Å². The van der Waals surface area contributed by atoms with E-state index in [1.807, 2.05) is 19.1 Å². The molecule has 6 heteroatoms. The van der Waals surface area contributed by atoms with Gasteiger partial charge in [-0.1, -0.05) is 42.0 Å². The van der Waals surface area contributed by atoms with Crippen molar-refractivity contribution in [1.82, 2.24) is 4.90 Å². The van der Waals surface area contributed by atoms with Crippen LogP contribution in [0, 0.1) is 6.92 Å². The van der Waals surface area contributed by atoms with Gasteiger partial charge in [0.25, 0.3) is 11.8 Å². The molecule has 0 aromatic heterocycles. The van der Waals surface area contributed by atoms with Crippen molar-refractivity contribution < 1.29 is 23.9 Å². The van der Waals surface area contributed by atoms with Gasteiger partial charge in [-0.3, -0.25) is 24.1 Å². The van der Waals surface area contributed by atoms with Gasteiger partial charge in [0.1, 0.15) is 0 Å². The van der Waals surface area contributed by atoms with Crippen LogP contribution in [-0.2, 0) is 9.53 Å². The van der Waals surface area contributed by atoms with E-state index in [9.17, 15) is 19.2 Å². The number of rotatable bonds is 7. The predicted octanol–water partition coefficient (Wildman–Crippen LogP) is 3.19. The van der Waals surface area contributed by atoms with E-state index in [2.05, 4.69) is 0 Å². The minimum absolute atomic E-state index is 0.0128. The summed E-state index contributed by atoms with van der Waals surface area (Å²) in [6.07, 6.45) is -0.608. The smallest absolute Gasteiger partial charge is 0.306 e. The topological polar surface area (TPSA) is 80.8 Å². The van der Waals surface area contributed by atoms with Crippen molar-refractivity contribution in [2.24, 2.45) is 0 Å². The van der Waals surface area contributed by atoms with Crippen molar-refractivity contribution in [2.75, 3.05) is 6.54 Å². The molecule has 0 spiro atoms. The molecule has 1 atom stereocenters. The molecule has 2 aromatic carbocycles. The highest BCUT2D eigenvalue weighted by Gasteiger charge is 2.34. The van der Waals surface area contributed by atoms with E-state index < -0.39 is 12.1 Å². The summed E-state index contributed by atoms with van der Waals surface area (Å²) < 4.78 is 5.20. The van der Waals surface area contributed by atoms with Gasteiger partial charge in [-0.2, -0.15) is 0 Å². The van der Waals surface area contributed by atoms with Crippen molar-refractivity contribution in [3.63, 3.8) is 0 Å². The number of imide groups is 1. The van der Waals surface area contributed by atoms with E-state index in [4.69, 9.17) is 4.74 Å². The number of benzene rings is 2. The van der Waals surface area contributed by atoms with E-state index >= 15 is 0 Å². The molecule has 1 aliphatic rings. The fourth-order valence-electron chi connectivity index (χ4n) is 3.09. The lowest BCUT2D eigenvalue weighted by Crippen LogP contribution is -2.31. The maximum absolute atomic E-state index is 12.3. The van der Waals surface area contributed by atoms with E-state index in [-0.39, 0.29) is 37.0 Å². The molecule has 2 amide bonds. The maximum atomic E-state index is 12.3. The Labute approximate surface area is 163 Å². The summed E-state index contributed by atoms with van der Waals surface area (Å²) in [6.45, 7) is 3.58. The Morgan fingerprint density at radius 1 is 0.964 bits per heavy atom. The molecule has 0 unspecified atom stereocenters. The Hall–Kier alpha value is -3.28. The molecule has 0 saturated heterocycles. The summed E-state index contributed by atoms with van der Waals surface area (Å²) >= 11 is 0. The molecule has 144 valence electrons. The number of hydrogen-bond acceptors (Lipinski definition) is 5. The number of carbonyl (C=O) groups is 4. The van der Waals surface area contributed by atoms with Gasteiger partial charge >= 0.3 is 5.97 Å². The van der Waals surface area contributed by atoms with Crippen LogP contribution in [0.25, 0.3) is 0 Å². The highest BCUT2D eigenvalue weighted by molar-refractivity contribution is 6.21. The van der Waals surface area contributed by atoms with E-state index in [0.717, 1.165) is 10.5 Å². The van der Waals surface area contributed by atoms with Gasteiger partial charge in [0.2, 0.25) is 5.78 Å². The fraction of sp³-hybridized carbons (Fsp3) is 0.273. The average molecular weight is 379 g/mol. The Morgan fingerprint density at radius 2 is 1.54 bits per heavy atom. The minimum Gasteiger partial charge on any atom is -0.454 e. The lowest BCUT2D eigenvalue weighted by molar-refractivity contribution is -0.146. The molecular weight excluding hydrogens is 358 g/mol. The lowest BCUT2D eigenvalue weighted by Gasteiger charge is -2.15. The molecule has 0 radical (unpaired) electrons. The number of ether oxygens (including phenoxy) is 1. The van der Waals surface area contributed by atoms with Gasteiger partial charge in [0.05, 0.1) is 11.1 Å². The van der Waals surface area contributed by atoms with Crippen molar-refractivity contribution in [3.05, 3.63) is 70.8 Å². The monoisotopic (exact) mass is 379 g/mol. The second kappa shape index (κ2) is 8.17. The lowest BCUT2D eigenvalue weighted by atomic mass is 10.1. The van der Waals surface area contributed by atoms with Crippen LogP contribution < -0.4 is 0 Å². The molecule has 28 heavy (non-hydrogen) atoms. The second-order valence-electron chi connectivity index (χ2n) is 6.77. The van der Waals surface area contributed by atoms with Crippen LogP contribution in [0.1, 0.15) is 56.4 Å². The number of carbonyl (C=O) groups excluding carboxylic acids is 4. The van der Waals surface area contributed by atoms with Crippen LogP contribution in [0.2, 0.25) is 0 Å². The molecule has 1 heterocycles. The van der Waals surface area contributed by atoms with Gasteiger partial charge in [0, 0.05) is 18.5 Å². The van der Waals surface area contributed by atoms with E-state index in [1.165, 1.54) is 6.92 Å². The molecule has 2 aromatic rings. The maximum Gasteiger partial charge on any atom is 0.306 e. The molecule has 0 fully saturated rings. The number of ketones is 1. The second-order valence-corrected chi connectivity index (χ2v) is 6.77. The number of esters is 1. The zero-order valence-corrected chi connectivity index (χ0v) is 15.8.